The molecule has 3 aromatic rings. The van der Waals surface area contributed by atoms with Crippen molar-refractivity contribution in [2.75, 3.05) is 11.1 Å². The number of para-hydroxylation sites is 2. The van der Waals surface area contributed by atoms with Crippen molar-refractivity contribution >= 4 is 44.9 Å². The Morgan fingerprint density at radius 2 is 2.00 bits per heavy atom. The maximum Gasteiger partial charge on any atom is 0.284 e. The Morgan fingerprint density at radius 3 is 2.83 bits per heavy atom. The standard InChI is InChI=1S/C17H13N3OS2/c18-10-5-11-22-14-8-3-1-6-12(14)19-16(21)17-20-13-7-2-4-9-15(13)23-17/h1-4,6-9H,5,11H2,(H,19,21). The number of hydrogen-bond donors (Lipinski definition) is 1. The number of nitrogens with one attached hydrogen (secondary N) is 1. The lowest BCUT2D eigenvalue weighted by Crippen LogP contribution is -2.12. The van der Waals surface area contributed by atoms with Crippen molar-refractivity contribution in [2.24, 2.45) is 0 Å². The molecule has 0 saturated carbocycles. The fraction of sp³-hybridized carbons (Fsp3) is 0.118. The summed E-state index contributed by atoms with van der Waals surface area (Å²) in [5, 5.41) is 12.0. The minimum Gasteiger partial charge on any atom is -0.319 e. The number of thioether (sulfide) groups is 1. The van der Waals surface area contributed by atoms with Crippen LogP contribution in [0.25, 0.3) is 10.2 Å². The third-order valence-corrected chi connectivity index (χ3v) is 5.21. The minimum absolute atomic E-state index is 0.209. The van der Waals surface area contributed by atoms with Crippen LogP contribution in [0.5, 0.6) is 0 Å². The number of nitrogens with zero attached hydrogens (tertiary/aromatic N) is 2. The molecule has 0 aliphatic rings. The molecular formula is C17H13N3OS2. The molecule has 6 heteroatoms. The van der Waals surface area contributed by atoms with Gasteiger partial charge in [0, 0.05) is 17.1 Å². The number of thiazole rings is 1. The fourth-order valence-electron chi connectivity index (χ4n) is 2.05. The van der Waals surface area contributed by atoms with E-state index in [0.717, 1.165) is 20.8 Å². The molecule has 0 bridgehead atoms. The van der Waals surface area contributed by atoms with Crippen molar-refractivity contribution in [3.05, 3.63) is 53.5 Å². The highest BCUT2D eigenvalue weighted by Crippen LogP contribution is 2.28. The molecule has 1 N–H and O–H groups in total. The summed E-state index contributed by atoms with van der Waals surface area (Å²) in [6.45, 7) is 0. The van der Waals surface area contributed by atoms with Gasteiger partial charge in [0.2, 0.25) is 0 Å². The number of rotatable bonds is 5. The number of benzene rings is 2. The van der Waals surface area contributed by atoms with Gasteiger partial charge in [-0.15, -0.1) is 23.1 Å². The first-order valence-electron chi connectivity index (χ1n) is 7.03. The lowest BCUT2D eigenvalue weighted by Gasteiger charge is -2.08. The van der Waals surface area contributed by atoms with Crippen molar-refractivity contribution in [3.8, 4) is 6.07 Å². The molecular weight excluding hydrogens is 326 g/mol. The molecule has 2 aromatic carbocycles. The molecule has 1 amide bonds. The predicted octanol–water partition coefficient (Wildman–Crippen LogP) is 4.55. The zero-order valence-corrected chi connectivity index (χ0v) is 13.8. The van der Waals surface area contributed by atoms with Gasteiger partial charge in [-0.25, -0.2) is 4.98 Å². The van der Waals surface area contributed by atoms with Gasteiger partial charge in [0.05, 0.1) is 22.0 Å². The number of fused-ring (bicyclic) bond motifs is 1. The Balaban J connectivity index is 1.78. The van der Waals surface area contributed by atoms with Crippen LogP contribution < -0.4 is 5.32 Å². The van der Waals surface area contributed by atoms with Gasteiger partial charge in [-0.05, 0) is 24.3 Å². The van der Waals surface area contributed by atoms with Crippen LogP contribution in [0.1, 0.15) is 16.2 Å². The molecule has 0 spiro atoms. The molecule has 4 nitrogen and oxygen atoms in total. The summed E-state index contributed by atoms with van der Waals surface area (Å²) >= 11 is 2.94. The van der Waals surface area contributed by atoms with Crippen LogP contribution in [0.4, 0.5) is 5.69 Å². The summed E-state index contributed by atoms with van der Waals surface area (Å²) in [7, 11) is 0. The van der Waals surface area contributed by atoms with Crippen molar-refractivity contribution in [1.29, 1.82) is 5.26 Å². The normalized spacial score (nSPS) is 10.4. The summed E-state index contributed by atoms with van der Waals surface area (Å²) in [6.07, 6.45) is 0.477. The van der Waals surface area contributed by atoms with E-state index in [1.807, 2.05) is 48.5 Å². The van der Waals surface area contributed by atoms with Gasteiger partial charge in [0.1, 0.15) is 0 Å². The highest BCUT2D eigenvalue weighted by Gasteiger charge is 2.14. The Bertz CT molecular complexity index is 850. The van der Waals surface area contributed by atoms with Crippen LogP contribution in [0.15, 0.2) is 53.4 Å². The third-order valence-electron chi connectivity index (χ3n) is 3.09. The van der Waals surface area contributed by atoms with E-state index in [9.17, 15) is 4.79 Å². The topological polar surface area (TPSA) is 65.8 Å². The summed E-state index contributed by atoms with van der Waals surface area (Å²) in [6, 6.07) is 17.4. The van der Waals surface area contributed by atoms with Gasteiger partial charge in [-0.3, -0.25) is 4.79 Å². The predicted molar refractivity (Wildman–Crippen MR) is 95.0 cm³/mol. The van der Waals surface area contributed by atoms with Gasteiger partial charge in [0.15, 0.2) is 5.01 Å². The minimum atomic E-state index is -0.209. The van der Waals surface area contributed by atoms with Crippen LogP contribution in [0.3, 0.4) is 0 Å². The van der Waals surface area contributed by atoms with E-state index in [0.29, 0.717) is 17.2 Å². The maximum absolute atomic E-state index is 12.4. The van der Waals surface area contributed by atoms with Crippen LogP contribution in [-0.4, -0.2) is 16.6 Å². The Labute approximate surface area is 142 Å². The van der Waals surface area contributed by atoms with Crippen LogP contribution >= 0.6 is 23.1 Å². The van der Waals surface area contributed by atoms with Crippen molar-refractivity contribution in [1.82, 2.24) is 4.98 Å². The highest BCUT2D eigenvalue weighted by atomic mass is 32.2. The first-order valence-corrected chi connectivity index (χ1v) is 8.84. The smallest absolute Gasteiger partial charge is 0.284 e. The van der Waals surface area contributed by atoms with Crippen molar-refractivity contribution < 1.29 is 4.79 Å². The van der Waals surface area contributed by atoms with Gasteiger partial charge < -0.3 is 5.32 Å². The van der Waals surface area contributed by atoms with E-state index < -0.39 is 0 Å². The molecule has 0 saturated heterocycles. The largest absolute Gasteiger partial charge is 0.319 e. The Morgan fingerprint density at radius 1 is 1.22 bits per heavy atom. The Hall–Kier alpha value is -2.36. The molecule has 1 aromatic heterocycles. The van der Waals surface area contributed by atoms with Gasteiger partial charge in [0.25, 0.3) is 5.91 Å². The van der Waals surface area contributed by atoms with Gasteiger partial charge in [-0.2, -0.15) is 5.26 Å². The fourth-order valence-corrected chi connectivity index (χ4v) is 3.77. The van der Waals surface area contributed by atoms with Gasteiger partial charge in [-0.1, -0.05) is 24.3 Å². The lowest BCUT2D eigenvalue weighted by molar-refractivity contribution is 0.102. The summed E-state index contributed by atoms with van der Waals surface area (Å²) < 4.78 is 0.995. The van der Waals surface area contributed by atoms with E-state index in [1.165, 1.54) is 11.3 Å². The summed E-state index contributed by atoms with van der Waals surface area (Å²) in [4.78, 5) is 17.8. The van der Waals surface area contributed by atoms with E-state index in [4.69, 9.17) is 5.26 Å². The SMILES string of the molecule is N#CCCSc1ccccc1NC(=O)c1nc2ccccc2s1. The molecule has 0 unspecified atom stereocenters. The number of aromatic nitrogens is 1. The first-order chi connectivity index (χ1) is 11.3. The van der Waals surface area contributed by atoms with Gasteiger partial charge >= 0.3 is 0 Å². The molecule has 0 aliphatic carbocycles. The van der Waals surface area contributed by atoms with Crippen LogP contribution in [-0.2, 0) is 0 Å². The quantitative estimate of drug-likeness (QED) is 0.547. The monoisotopic (exact) mass is 339 g/mol. The highest BCUT2D eigenvalue weighted by molar-refractivity contribution is 7.99. The zero-order chi connectivity index (χ0) is 16.1. The first kappa shape index (κ1) is 15.5. The van der Waals surface area contributed by atoms with Crippen LogP contribution in [0.2, 0.25) is 0 Å². The van der Waals surface area contributed by atoms with Crippen LogP contribution in [0, 0.1) is 11.3 Å². The molecule has 114 valence electrons. The number of anilines is 1. The average molecular weight is 339 g/mol. The van der Waals surface area contributed by atoms with Crippen molar-refractivity contribution in [3.63, 3.8) is 0 Å². The second-order valence-electron chi connectivity index (χ2n) is 4.69. The summed E-state index contributed by atoms with van der Waals surface area (Å²) in [5.74, 6) is 0.490. The molecule has 23 heavy (non-hydrogen) atoms. The number of nitriles is 1. The Kier molecular flexibility index (Phi) is 4.91. The molecule has 0 radical (unpaired) electrons. The lowest BCUT2D eigenvalue weighted by atomic mass is 10.3. The molecule has 3 rings (SSSR count). The number of carbonyl (C=O) groups is 1. The maximum atomic E-state index is 12.4. The number of hydrogen-bond acceptors (Lipinski definition) is 5. The molecule has 1 heterocycles. The molecule has 0 atom stereocenters. The number of amides is 1. The second kappa shape index (κ2) is 7.27. The second-order valence-corrected chi connectivity index (χ2v) is 6.86. The average Bonchev–Trinajstić information content (AvgIpc) is 3.01. The van der Waals surface area contributed by atoms with E-state index >= 15 is 0 Å². The van der Waals surface area contributed by atoms with E-state index in [-0.39, 0.29) is 5.91 Å². The third kappa shape index (κ3) is 3.70. The van der Waals surface area contributed by atoms with E-state index in [2.05, 4.69) is 16.4 Å². The molecule has 0 aliphatic heterocycles. The zero-order valence-electron chi connectivity index (χ0n) is 12.2. The summed E-state index contributed by atoms with van der Waals surface area (Å²) in [5.41, 5.74) is 1.58. The number of carbonyl (C=O) groups excluding carboxylic acids is 1. The van der Waals surface area contributed by atoms with Crippen molar-refractivity contribution in [2.45, 2.75) is 11.3 Å². The molecule has 0 fully saturated rings. The van der Waals surface area contributed by atoms with E-state index in [1.54, 1.807) is 11.8 Å².